The maximum atomic E-state index is 11.5. The Balaban J connectivity index is 1.53. The predicted octanol–water partition coefficient (Wildman–Crippen LogP) is 4.30. The molecule has 1 aliphatic rings. The zero-order valence-corrected chi connectivity index (χ0v) is 20.4. The number of nitrogens with zero attached hydrogens (tertiary/aromatic N) is 2. The Morgan fingerprint density at radius 2 is 1.61 bits per heavy atom. The Hall–Kier alpha value is -1.85. The fraction of sp³-hybridized carbons (Fsp3) is 0.429. The van der Waals surface area contributed by atoms with Crippen LogP contribution in [0.25, 0.3) is 20.3 Å². The molecule has 0 aliphatic carbocycles. The van der Waals surface area contributed by atoms with E-state index in [4.69, 9.17) is 10.1 Å². The zero-order valence-electron chi connectivity index (χ0n) is 18.0. The van der Waals surface area contributed by atoms with Crippen LogP contribution in [0.15, 0.2) is 40.7 Å². The molecule has 0 unspecified atom stereocenters. The van der Waals surface area contributed by atoms with Gasteiger partial charge in [0.1, 0.15) is 4.21 Å². The van der Waals surface area contributed by atoms with E-state index in [1.165, 1.54) is 11.3 Å². The van der Waals surface area contributed by atoms with Crippen LogP contribution in [0, 0.1) is 0 Å². The van der Waals surface area contributed by atoms with Gasteiger partial charge in [-0.15, -0.1) is 22.7 Å². The quantitative estimate of drug-likeness (QED) is 0.505. The van der Waals surface area contributed by atoms with Crippen LogP contribution in [0.3, 0.4) is 0 Å². The molecule has 4 rings (SSSR count). The Labute approximate surface area is 191 Å². The second kappa shape index (κ2) is 7.93. The minimum atomic E-state index is -3.68. The van der Waals surface area contributed by atoms with Crippen molar-refractivity contribution in [1.82, 2.24) is 15.3 Å². The fourth-order valence-electron chi connectivity index (χ4n) is 4.39. The third-order valence-corrected chi connectivity index (χ3v) is 8.97. The number of rotatable bonds is 5. The van der Waals surface area contributed by atoms with E-state index in [1.807, 2.05) is 18.2 Å². The lowest BCUT2D eigenvalue weighted by Crippen LogP contribution is -2.60. The van der Waals surface area contributed by atoms with Gasteiger partial charge in [0.2, 0.25) is 16.0 Å². The molecule has 1 fully saturated rings. The van der Waals surface area contributed by atoms with Crippen LogP contribution in [-0.4, -0.2) is 35.5 Å². The van der Waals surface area contributed by atoms with E-state index in [2.05, 4.69) is 43.3 Å². The summed E-state index contributed by atoms with van der Waals surface area (Å²) in [6, 6.07) is 9.48. The number of nitrogens with one attached hydrogen (secondary N) is 2. The lowest BCUT2D eigenvalue weighted by molar-refractivity contribution is 0.170. The molecule has 3 aromatic rings. The lowest BCUT2D eigenvalue weighted by atomic mass is 9.80. The number of piperidine rings is 1. The van der Waals surface area contributed by atoms with Gasteiger partial charge in [-0.2, -0.15) is 0 Å². The van der Waals surface area contributed by atoms with E-state index in [-0.39, 0.29) is 21.3 Å². The van der Waals surface area contributed by atoms with Crippen LogP contribution in [0.5, 0.6) is 0 Å². The SMILES string of the molecule is CC1(C)CC(Nc2nccc(-c3ccc(-c4ccc(S(N)(=O)=O)s4)s3)n2)CC(C)(C)N1. The van der Waals surface area contributed by atoms with Crippen LogP contribution in [0.4, 0.5) is 5.95 Å². The third-order valence-electron chi connectivity index (χ3n) is 5.14. The molecule has 0 spiro atoms. The van der Waals surface area contributed by atoms with Crippen LogP contribution in [-0.2, 0) is 10.0 Å². The van der Waals surface area contributed by atoms with Gasteiger partial charge in [-0.25, -0.2) is 23.5 Å². The molecule has 1 saturated heterocycles. The molecule has 10 heteroatoms. The van der Waals surface area contributed by atoms with E-state index in [1.54, 1.807) is 29.7 Å². The first-order chi connectivity index (χ1) is 14.4. The summed E-state index contributed by atoms with van der Waals surface area (Å²) in [6.45, 7) is 8.88. The number of nitrogens with two attached hydrogens (primary N) is 1. The summed E-state index contributed by atoms with van der Waals surface area (Å²) in [5, 5.41) is 12.4. The predicted molar refractivity (Wildman–Crippen MR) is 128 cm³/mol. The van der Waals surface area contributed by atoms with Crippen LogP contribution >= 0.6 is 22.7 Å². The molecule has 166 valence electrons. The molecule has 3 aromatic heterocycles. The number of primary sulfonamides is 1. The van der Waals surface area contributed by atoms with Crippen molar-refractivity contribution in [2.24, 2.45) is 5.14 Å². The molecule has 7 nitrogen and oxygen atoms in total. The highest BCUT2D eigenvalue weighted by Gasteiger charge is 2.37. The first-order valence-electron chi connectivity index (χ1n) is 10.0. The Bertz CT molecular complexity index is 1180. The van der Waals surface area contributed by atoms with Gasteiger partial charge in [0.25, 0.3) is 0 Å². The highest BCUT2D eigenvalue weighted by Crippen LogP contribution is 2.38. The smallest absolute Gasteiger partial charge is 0.247 e. The molecular weight excluding hydrogens is 450 g/mol. The monoisotopic (exact) mass is 477 g/mol. The minimum absolute atomic E-state index is 0.0379. The van der Waals surface area contributed by atoms with E-state index in [0.717, 1.165) is 33.2 Å². The van der Waals surface area contributed by atoms with Gasteiger partial charge in [0, 0.05) is 33.1 Å². The van der Waals surface area contributed by atoms with Gasteiger partial charge in [-0.05, 0) is 70.9 Å². The fourth-order valence-corrected chi connectivity index (χ4v) is 7.18. The molecule has 0 aromatic carbocycles. The molecule has 0 bridgehead atoms. The van der Waals surface area contributed by atoms with Gasteiger partial charge in [0.05, 0.1) is 10.6 Å². The summed E-state index contributed by atoms with van der Waals surface area (Å²) in [5.74, 6) is 0.624. The maximum absolute atomic E-state index is 11.5. The molecule has 0 atom stereocenters. The van der Waals surface area contributed by atoms with Gasteiger partial charge in [-0.3, -0.25) is 0 Å². The number of hydrogen-bond donors (Lipinski definition) is 3. The second-order valence-corrected chi connectivity index (χ2v) is 13.2. The van der Waals surface area contributed by atoms with Crippen LogP contribution in [0.2, 0.25) is 0 Å². The molecule has 1 aliphatic heterocycles. The Morgan fingerprint density at radius 3 is 2.26 bits per heavy atom. The van der Waals surface area contributed by atoms with Gasteiger partial charge >= 0.3 is 0 Å². The van der Waals surface area contributed by atoms with Crippen molar-refractivity contribution < 1.29 is 8.42 Å². The standard InChI is InChI=1S/C21H27N5O2S3/c1-20(2)11-13(12-21(3,4)26-20)24-19-23-10-9-14(25-19)15-5-6-16(29-15)17-7-8-18(30-17)31(22,27)28/h5-10,13,26H,11-12H2,1-4H3,(H2,22,27,28)(H,23,24,25). The molecular formula is C21H27N5O2S3. The van der Waals surface area contributed by atoms with Crippen molar-refractivity contribution in [2.75, 3.05) is 5.32 Å². The zero-order chi connectivity index (χ0) is 22.4. The Kier molecular flexibility index (Phi) is 5.72. The number of thiophene rings is 2. The highest BCUT2D eigenvalue weighted by molar-refractivity contribution is 7.91. The van der Waals surface area contributed by atoms with Crippen molar-refractivity contribution in [2.45, 2.75) is 61.9 Å². The average Bonchev–Trinajstić information content (AvgIpc) is 3.28. The van der Waals surface area contributed by atoms with E-state index in [0.29, 0.717) is 5.95 Å². The number of aromatic nitrogens is 2. The summed E-state index contributed by atoms with van der Waals surface area (Å²) >= 11 is 2.74. The topological polar surface area (TPSA) is 110 Å². The first kappa shape index (κ1) is 22.3. The first-order valence-corrected chi connectivity index (χ1v) is 13.2. The van der Waals surface area contributed by atoms with E-state index < -0.39 is 10.0 Å². The molecule has 0 amide bonds. The van der Waals surface area contributed by atoms with E-state index in [9.17, 15) is 8.42 Å². The van der Waals surface area contributed by atoms with Crippen molar-refractivity contribution in [3.8, 4) is 20.3 Å². The highest BCUT2D eigenvalue weighted by atomic mass is 32.2. The number of anilines is 1. The summed E-state index contributed by atoms with van der Waals surface area (Å²) in [5.41, 5.74) is 0.913. The molecule has 4 heterocycles. The van der Waals surface area contributed by atoms with Gasteiger partial charge in [0.15, 0.2) is 0 Å². The lowest BCUT2D eigenvalue weighted by Gasteiger charge is -2.46. The normalized spacial score (nSPS) is 18.7. The number of hydrogen-bond acceptors (Lipinski definition) is 8. The number of sulfonamides is 1. The van der Waals surface area contributed by atoms with Gasteiger partial charge < -0.3 is 10.6 Å². The summed E-state index contributed by atoms with van der Waals surface area (Å²) < 4.78 is 23.3. The van der Waals surface area contributed by atoms with Gasteiger partial charge in [-0.1, -0.05) is 0 Å². The van der Waals surface area contributed by atoms with Crippen molar-refractivity contribution in [3.63, 3.8) is 0 Å². The third kappa shape index (κ3) is 5.32. The summed E-state index contributed by atoms with van der Waals surface area (Å²) in [4.78, 5) is 12.0. The van der Waals surface area contributed by atoms with Crippen molar-refractivity contribution in [3.05, 3.63) is 36.5 Å². The molecule has 0 radical (unpaired) electrons. The average molecular weight is 478 g/mol. The van der Waals surface area contributed by atoms with Crippen molar-refractivity contribution in [1.29, 1.82) is 0 Å². The molecule has 0 saturated carbocycles. The summed E-state index contributed by atoms with van der Waals surface area (Å²) in [6.07, 6.45) is 3.74. The van der Waals surface area contributed by atoms with Crippen LogP contribution in [0.1, 0.15) is 40.5 Å². The molecule has 31 heavy (non-hydrogen) atoms. The van der Waals surface area contributed by atoms with Crippen LogP contribution < -0.4 is 15.8 Å². The maximum Gasteiger partial charge on any atom is 0.247 e. The Morgan fingerprint density at radius 1 is 1.00 bits per heavy atom. The van der Waals surface area contributed by atoms with Crippen molar-refractivity contribution >= 4 is 38.6 Å². The summed E-state index contributed by atoms with van der Waals surface area (Å²) in [7, 11) is -3.68. The second-order valence-electron chi connectivity index (χ2n) is 9.24. The molecule has 4 N–H and O–H groups in total. The van der Waals surface area contributed by atoms with E-state index >= 15 is 0 Å². The minimum Gasteiger partial charge on any atom is -0.351 e. The largest absolute Gasteiger partial charge is 0.351 e.